The molecule has 20 heavy (non-hydrogen) atoms. The number of aromatic amines is 1. The van der Waals surface area contributed by atoms with Crippen molar-refractivity contribution in [1.29, 1.82) is 0 Å². The van der Waals surface area contributed by atoms with Gasteiger partial charge in [-0.3, -0.25) is 0 Å². The molecule has 1 N–H and O–H groups in total. The van der Waals surface area contributed by atoms with Crippen LogP contribution in [0, 0.1) is 12.7 Å². The van der Waals surface area contributed by atoms with Gasteiger partial charge in [-0.1, -0.05) is 6.07 Å². The van der Waals surface area contributed by atoms with Gasteiger partial charge in [0.1, 0.15) is 11.6 Å². The van der Waals surface area contributed by atoms with Gasteiger partial charge in [0.25, 0.3) is 0 Å². The first-order valence-corrected chi connectivity index (χ1v) is 6.43. The largest absolute Gasteiger partial charge is 0.478 e. The van der Waals surface area contributed by atoms with Crippen molar-refractivity contribution >= 4 is 11.2 Å². The Morgan fingerprint density at radius 3 is 2.85 bits per heavy atom. The molecule has 0 atom stereocenters. The number of nitrogens with one attached hydrogen (secondary N) is 1. The standard InChI is InChI=1S/C15H14FN3O/c1-3-20-13-7-6-12-15(18-13)19-14(17-12)11-8-10(16)5-4-9(11)2/h4-8H,3H2,1-2H3,(H,17,18,19). The lowest BCUT2D eigenvalue weighted by atomic mass is 10.1. The number of H-pyrrole nitrogens is 1. The first kappa shape index (κ1) is 12.6. The number of hydrogen-bond acceptors (Lipinski definition) is 3. The molecule has 0 radical (unpaired) electrons. The Morgan fingerprint density at radius 1 is 1.20 bits per heavy atom. The van der Waals surface area contributed by atoms with E-state index in [1.54, 1.807) is 12.1 Å². The van der Waals surface area contributed by atoms with Gasteiger partial charge in [-0.05, 0) is 37.6 Å². The van der Waals surface area contributed by atoms with Crippen LogP contribution in [-0.2, 0) is 0 Å². The lowest BCUT2D eigenvalue weighted by molar-refractivity contribution is 0.328. The molecule has 0 bridgehead atoms. The van der Waals surface area contributed by atoms with Crippen molar-refractivity contribution in [2.75, 3.05) is 6.61 Å². The average molecular weight is 271 g/mol. The number of benzene rings is 1. The third-order valence-corrected chi connectivity index (χ3v) is 3.07. The maximum atomic E-state index is 13.4. The zero-order chi connectivity index (χ0) is 14.1. The van der Waals surface area contributed by atoms with Crippen LogP contribution in [0.5, 0.6) is 5.88 Å². The molecule has 4 nitrogen and oxygen atoms in total. The van der Waals surface area contributed by atoms with Crippen molar-refractivity contribution in [2.45, 2.75) is 13.8 Å². The molecule has 5 heteroatoms. The number of aryl methyl sites for hydroxylation is 1. The molecular weight excluding hydrogens is 257 g/mol. The number of nitrogens with zero attached hydrogens (tertiary/aromatic N) is 2. The predicted octanol–water partition coefficient (Wildman–Crippen LogP) is 3.47. The highest BCUT2D eigenvalue weighted by Gasteiger charge is 2.10. The maximum absolute atomic E-state index is 13.4. The van der Waals surface area contributed by atoms with Crippen molar-refractivity contribution in [3.63, 3.8) is 0 Å². The van der Waals surface area contributed by atoms with E-state index < -0.39 is 0 Å². The molecule has 0 aliphatic rings. The van der Waals surface area contributed by atoms with E-state index in [0.29, 0.717) is 24.0 Å². The highest BCUT2D eigenvalue weighted by Crippen LogP contribution is 2.24. The number of aromatic nitrogens is 3. The van der Waals surface area contributed by atoms with Crippen molar-refractivity contribution in [3.05, 3.63) is 41.7 Å². The predicted molar refractivity (Wildman–Crippen MR) is 75.2 cm³/mol. The van der Waals surface area contributed by atoms with Gasteiger partial charge in [-0.15, -0.1) is 0 Å². The van der Waals surface area contributed by atoms with Crippen LogP contribution in [0.15, 0.2) is 30.3 Å². The lowest BCUT2D eigenvalue weighted by Crippen LogP contribution is -1.93. The van der Waals surface area contributed by atoms with Crippen molar-refractivity contribution in [3.8, 4) is 17.3 Å². The number of rotatable bonds is 3. The number of pyridine rings is 1. The van der Waals surface area contributed by atoms with Gasteiger partial charge < -0.3 is 9.72 Å². The highest BCUT2D eigenvalue weighted by atomic mass is 19.1. The van der Waals surface area contributed by atoms with Gasteiger partial charge in [0.05, 0.1) is 12.1 Å². The Hall–Kier alpha value is -2.43. The summed E-state index contributed by atoms with van der Waals surface area (Å²) in [4.78, 5) is 11.9. The Labute approximate surface area is 115 Å². The van der Waals surface area contributed by atoms with Crippen LogP contribution in [0.25, 0.3) is 22.6 Å². The molecule has 0 fully saturated rings. The summed E-state index contributed by atoms with van der Waals surface area (Å²) in [6.07, 6.45) is 0. The highest BCUT2D eigenvalue weighted by molar-refractivity contribution is 5.77. The van der Waals surface area contributed by atoms with Crippen molar-refractivity contribution < 1.29 is 9.13 Å². The average Bonchev–Trinajstić information content (AvgIpc) is 2.85. The topological polar surface area (TPSA) is 50.8 Å². The van der Waals surface area contributed by atoms with Gasteiger partial charge in [-0.25, -0.2) is 9.37 Å². The minimum atomic E-state index is -0.283. The summed E-state index contributed by atoms with van der Waals surface area (Å²) in [6, 6.07) is 8.28. The van der Waals surface area contributed by atoms with Crippen LogP contribution < -0.4 is 4.74 Å². The number of fused-ring (bicyclic) bond motifs is 1. The molecule has 0 saturated heterocycles. The lowest BCUT2D eigenvalue weighted by Gasteiger charge is -2.01. The van der Waals surface area contributed by atoms with Gasteiger partial charge in [0, 0.05) is 11.6 Å². The Kier molecular flexibility index (Phi) is 3.10. The molecule has 0 saturated carbocycles. The van der Waals surface area contributed by atoms with Crippen LogP contribution in [-0.4, -0.2) is 21.6 Å². The molecule has 3 rings (SSSR count). The van der Waals surface area contributed by atoms with Gasteiger partial charge in [0.15, 0.2) is 5.65 Å². The number of ether oxygens (including phenoxy) is 1. The Morgan fingerprint density at radius 2 is 2.05 bits per heavy atom. The van der Waals surface area contributed by atoms with Crippen LogP contribution >= 0.6 is 0 Å². The summed E-state index contributed by atoms with van der Waals surface area (Å²) in [5.41, 5.74) is 3.05. The molecule has 0 spiro atoms. The molecule has 2 heterocycles. The second kappa shape index (κ2) is 4.92. The molecule has 3 aromatic rings. The zero-order valence-corrected chi connectivity index (χ0v) is 11.3. The monoisotopic (exact) mass is 271 g/mol. The third-order valence-electron chi connectivity index (χ3n) is 3.07. The summed E-state index contributed by atoms with van der Waals surface area (Å²) in [5.74, 6) is 0.862. The third kappa shape index (κ3) is 2.22. The van der Waals surface area contributed by atoms with Gasteiger partial charge >= 0.3 is 0 Å². The molecule has 1 aromatic carbocycles. The number of halogens is 1. The van der Waals surface area contributed by atoms with Crippen LogP contribution in [0.1, 0.15) is 12.5 Å². The van der Waals surface area contributed by atoms with Gasteiger partial charge in [0.2, 0.25) is 5.88 Å². The van der Waals surface area contributed by atoms with Gasteiger partial charge in [-0.2, -0.15) is 4.98 Å². The second-order valence-electron chi connectivity index (χ2n) is 4.50. The van der Waals surface area contributed by atoms with Crippen LogP contribution in [0.4, 0.5) is 4.39 Å². The minimum Gasteiger partial charge on any atom is -0.478 e. The molecule has 0 unspecified atom stereocenters. The second-order valence-corrected chi connectivity index (χ2v) is 4.50. The number of imidazole rings is 1. The number of hydrogen-bond donors (Lipinski definition) is 1. The van der Waals surface area contributed by atoms with E-state index in [9.17, 15) is 4.39 Å². The quantitative estimate of drug-likeness (QED) is 0.793. The molecule has 2 aromatic heterocycles. The minimum absolute atomic E-state index is 0.283. The summed E-state index contributed by atoms with van der Waals surface area (Å²) < 4.78 is 18.7. The molecule has 0 aliphatic carbocycles. The first-order valence-electron chi connectivity index (χ1n) is 6.43. The van der Waals surface area contributed by atoms with Crippen molar-refractivity contribution in [1.82, 2.24) is 15.0 Å². The maximum Gasteiger partial charge on any atom is 0.215 e. The summed E-state index contributed by atoms with van der Waals surface area (Å²) >= 11 is 0. The van der Waals surface area contributed by atoms with Crippen molar-refractivity contribution in [2.24, 2.45) is 0 Å². The van der Waals surface area contributed by atoms with Crippen LogP contribution in [0.2, 0.25) is 0 Å². The molecule has 0 amide bonds. The Balaban J connectivity index is 2.10. The molecule has 102 valence electrons. The smallest absolute Gasteiger partial charge is 0.215 e. The zero-order valence-electron chi connectivity index (χ0n) is 11.3. The summed E-state index contributed by atoms with van der Waals surface area (Å²) in [5, 5.41) is 0. The fraction of sp³-hybridized carbons (Fsp3) is 0.200. The van der Waals surface area contributed by atoms with E-state index in [2.05, 4.69) is 15.0 Å². The Bertz CT molecular complexity index is 767. The normalized spacial score (nSPS) is 10.9. The fourth-order valence-corrected chi connectivity index (χ4v) is 2.08. The van der Waals surface area contributed by atoms with E-state index in [1.807, 2.05) is 19.9 Å². The fourth-order valence-electron chi connectivity index (χ4n) is 2.08. The van der Waals surface area contributed by atoms with E-state index in [4.69, 9.17) is 4.74 Å². The molecular formula is C15H14FN3O. The van der Waals surface area contributed by atoms with E-state index in [-0.39, 0.29) is 5.82 Å². The SMILES string of the molecule is CCOc1ccc2[nH]c(-c3cc(F)ccc3C)nc2n1. The van der Waals surface area contributed by atoms with Crippen LogP contribution in [0.3, 0.4) is 0 Å². The summed E-state index contributed by atoms with van der Waals surface area (Å²) in [6.45, 7) is 4.37. The van der Waals surface area contributed by atoms with E-state index in [0.717, 1.165) is 16.6 Å². The first-order chi connectivity index (χ1) is 9.67. The van der Waals surface area contributed by atoms with E-state index >= 15 is 0 Å². The molecule has 0 aliphatic heterocycles. The summed E-state index contributed by atoms with van der Waals surface area (Å²) in [7, 11) is 0. The van der Waals surface area contributed by atoms with E-state index in [1.165, 1.54) is 12.1 Å².